The molecule has 0 bridgehead atoms. The lowest BCUT2D eigenvalue weighted by molar-refractivity contribution is -0.150. The number of fused-ring (bicyclic) bond motifs is 3. The van der Waals surface area contributed by atoms with E-state index in [4.69, 9.17) is 25.8 Å². The van der Waals surface area contributed by atoms with Gasteiger partial charge in [-0.3, -0.25) is 28.8 Å². The zero-order valence-electron chi connectivity index (χ0n) is 42.5. The Morgan fingerprint density at radius 3 is 1.49 bits per heavy atom. The van der Waals surface area contributed by atoms with E-state index in [0.29, 0.717) is 100 Å². The van der Waals surface area contributed by atoms with E-state index in [2.05, 4.69) is 51.2 Å². The highest BCUT2D eigenvalue weighted by Gasteiger charge is 2.33. The number of hydrogen-bond donors (Lipinski definition) is 0. The fourth-order valence-electron chi connectivity index (χ4n) is 10.1. The van der Waals surface area contributed by atoms with Crippen LogP contribution in [0.25, 0.3) is 0 Å². The Balaban J connectivity index is 1.39. The number of unbranched alkanes of at least 4 members (excludes halogenated alkanes) is 6. The number of carbonyl (C=O) groups excluding carboxylic acids is 6. The van der Waals surface area contributed by atoms with Crippen molar-refractivity contribution in [3.05, 3.63) is 106 Å². The summed E-state index contributed by atoms with van der Waals surface area (Å²) in [5.74, 6) is -1.55. The molecule has 0 radical (unpaired) electrons. The first-order valence-electron chi connectivity index (χ1n) is 27.1. The smallest absolute Gasteiger partial charge is 0.306 e. The van der Waals surface area contributed by atoms with Gasteiger partial charge in [-0.05, 0) is 108 Å². The molecule has 2 aliphatic heterocycles. The summed E-state index contributed by atoms with van der Waals surface area (Å²) in [5.41, 5.74) is 3.45. The quantitative estimate of drug-likeness (QED) is 0.0766. The summed E-state index contributed by atoms with van der Waals surface area (Å²) >= 11 is 6.46. The molecule has 0 amide bonds. The van der Waals surface area contributed by atoms with Gasteiger partial charge in [0, 0.05) is 78.6 Å². The molecule has 6 unspecified atom stereocenters. The van der Waals surface area contributed by atoms with E-state index in [1.807, 2.05) is 30.4 Å². The highest BCUT2D eigenvalue weighted by molar-refractivity contribution is 6.46. The number of hydrogen-bond acceptors (Lipinski definition) is 9. The van der Waals surface area contributed by atoms with E-state index in [-0.39, 0.29) is 95.6 Å². The second kappa shape index (κ2) is 31.0. The minimum atomic E-state index is -0.375. The first kappa shape index (κ1) is 56.3. The van der Waals surface area contributed by atoms with E-state index < -0.39 is 0 Å². The van der Waals surface area contributed by atoms with Crippen molar-refractivity contribution >= 4 is 46.9 Å². The van der Waals surface area contributed by atoms with Crippen molar-refractivity contribution in [1.29, 1.82) is 0 Å². The number of carbonyl (C=O) groups is 6. The molecule has 70 heavy (non-hydrogen) atoms. The lowest BCUT2D eigenvalue weighted by Crippen LogP contribution is -2.18. The van der Waals surface area contributed by atoms with Gasteiger partial charge in [0.1, 0.15) is 18.3 Å². The third-order valence-electron chi connectivity index (χ3n) is 14.2. The van der Waals surface area contributed by atoms with Gasteiger partial charge in [-0.25, -0.2) is 0 Å². The standard InChI is InChI=1S/C60H81ClO9/c1-4-7-14-25-47-34-37-50-43(33-40-55(50)62)22-17-10-12-19-28-57(64)69-48(26-15-8-5-2)35-38-51-45(23-18-11-13-20-29-56(63)68-47)41-53(59(51)66)44-24-21-30-58(65)70-49(27-16-9-6-3)36-39-52-46(32-31-44)42-54(61)60(52)67/h10-11,17-18,31,33,37-43,45-49H,4-9,12-16,19-30,32,34-36H2,1-3H3. The number of Topliss-reactive ketones (excluding diaryl/α,β-unsaturated/α-hetero) is 2. The van der Waals surface area contributed by atoms with Crippen molar-refractivity contribution in [3.63, 3.8) is 0 Å². The van der Waals surface area contributed by atoms with Crippen LogP contribution in [-0.2, 0) is 43.0 Å². The first-order valence-corrected chi connectivity index (χ1v) is 27.5. The van der Waals surface area contributed by atoms with E-state index in [1.165, 1.54) is 0 Å². The second-order valence-corrected chi connectivity index (χ2v) is 20.2. The second-order valence-electron chi connectivity index (χ2n) is 19.8. The molecular formula is C60H81ClO9. The zero-order chi connectivity index (χ0) is 50.1. The molecule has 5 aliphatic rings. The van der Waals surface area contributed by atoms with Crippen LogP contribution in [0.2, 0.25) is 0 Å². The molecular weight excluding hydrogens is 900 g/mol. The largest absolute Gasteiger partial charge is 0.462 e. The van der Waals surface area contributed by atoms with Crippen LogP contribution in [0.3, 0.4) is 0 Å². The summed E-state index contributed by atoms with van der Waals surface area (Å²) in [6.45, 7) is 6.42. The molecule has 0 saturated carbocycles. The lowest BCUT2D eigenvalue weighted by Gasteiger charge is -2.18. The lowest BCUT2D eigenvalue weighted by atomic mass is 9.91. The Bertz CT molecular complexity index is 2090. The van der Waals surface area contributed by atoms with Gasteiger partial charge >= 0.3 is 17.9 Å². The van der Waals surface area contributed by atoms with E-state index in [1.54, 1.807) is 12.2 Å². The monoisotopic (exact) mass is 981 g/mol. The van der Waals surface area contributed by atoms with Crippen molar-refractivity contribution < 1.29 is 43.0 Å². The number of ether oxygens (including phenoxy) is 3. The van der Waals surface area contributed by atoms with Crippen LogP contribution in [0.15, 0.2) is 106 Å². The molecule has 0 fully saturated rings. The van der Waals surface area contributed by atoms with Gasteiger partial charge in [-0.15, -0.1) is 0 Å². The molecule has 0 aromatic rings. The van der Waals surface area contributed by atoms with Gasteiger partial charge in [-0.2, -0.15) is 0 Å². The van der Waals surface area contributed by atoms with Crippen molar-refractivity contribution in [1.82, 2.24) is 0 Å². The average Bonchev–Trinajstić information content (AvgIpc) is 3.95. The topological polar surface area (TPSA) is 130 Å². The van der Waals surface area contributed by atoms with E-state index in [9.17, 15) is 28.8 Å². The summed E-state index contributed by atoms with van der Waals surface area (Å²) in [5, 5.41) is 0.187. The molecule has 5 rings (SSSR count). The fourth-order valence-corrected chi connectivity index (χ4v) is 10.3. The summed E-state index contributed by atoms with van der Waals surface area (Å²) in [6.07, 6.45) is 41.2. The number of ketones is 3. The van der Waals surface area contributed by atoms with Crippen LogP contribution in [0.1, 0.15) is 194 Å². The Hall–Kier alpha value is -4.63. The van der Waals surface area contributed by atoms with Gasteiger partial charge in [0.25, 0.3) is 0 Å². The predicted molar refractivity (Wildman–Crippen MR) is 279 cm³/mol. The van der Waals surface area contributed by atoms with Gasteiger partial charge in [0.05, 0.1) is 5.03 Å². The molecule has 0 aromatic carbocycles. The summed E-state index contributed by atoms with van der Waals surface area (Å²) in [6, 6.07) is 0. The normalized spacial score (nSPS) is 26.4. The fraction of sp³-hybridized carbons (Fsp3) is 0.600. The SMILES string of the molecule is CCCCCC1CC=C2C(=O)C=CC2CC=CCCCC(=O)OC(CCCCC)CC=C2C(=O)C(C3=CCC4C=C(Cl)C(=O)C4=CCC(CCCCC)OC(=O)CCC3)=CC2CC=CCCCC(=O)O1. The average molecular weight is 982 g/mol. The van der Waals surface area contributed by atoms with Crippen LogP contribution in [0.4, 0.5) is 0 Å². The van der Waals surface area contributed by atoms with E-state index >= 15 is 0 Å². The van der Waals surface area contributed by atoms with Gasteiger partial charge in [-0.1, -0.05) is 138 Å². The van der Waals surface area contributed by atoms with Crippen molar-refractivity contribution in [2.45, 2.75) is 212 Å². The summed E-state index contributed by atoms with van der Waals surface area (Å²) in [7, 11) is 0. The predicted octanol–water partition coefficient (Wildman–Crippen LogP) is 14.4. The molecule has 0 N–H and O–H groups in total. The van der Waals surface area contributed by atoms with Crippen LogP contribution < -0.4 is 0 Å². The number of allylic oxidation sites excluding steroid dienone is 15. The Kier molecular flexibility index (Phi) is 24.9. The minimum absolute atomic E-state index is 0.00841. The third kappa shape index (κ3) is 18.5. The minimum Gasteiger partial charge on any atom is -0.462 e. The van der Waals surface area contributed by atoms with Crippen LogP contribution in [-0.4, -0.2) is 53.6 Å². The highest BCUT2D eigenvalue weighted by atomic mass is 35.5. The maximum atomic E-state index is 14.8. The number of cyclic esters (lactones) is 3. The Morgan fingerprint density at radius 2 is 0.957 bits per heavy atom. The van der Waals surface area contributed by atoms with Gasteiger partial charge in [0.2, 0.25) is 0 Å². The summed E-state index contributed by atoms with van der Waals surface area (Å²) in [4.78, 5) is 80.7. The van der Waals surface area contributed by atoms with Crippen molar-refractivity contribution in [2.75, 3.05) is 0 Å². The third-order valence-corrected chi connectivity index (χ3v) is 14.5. The first-order chi connectivity index (χ1) is 34.0. The molecule has 6 atom stereocenters. The molecule has 0 saturated heterocycles. The zero-order valence-corrected chi connectivity index (χ0v) is 43.3. The number of halogens is 1. The van der Waals surface area contributed by atoms with Gasteiger partial charge < -0.3 is 14.2 Å². The molecule has 2 heterocycles. The number of rotatable bonds is 13. The van der Waals surface area contributed by atoms with Gasteiger partial charge in [0.15, 0.2) is 17.3 Å². The van der Waals surface area contributed by atoms with Crippen LogP contribution >= 0.6 is 11.6 Å². The maximum absolute atomic E-state index is 14.8. The molecule has 9 nitrogen and oxygen atoms in total. The molecule has 3 aliphatic carbocycles. The Morgan fingerprint density at radius 1 is 0.486 bits per heavy atom. The highest BCUT2D eigenvalue weighted by Crippen LogP contribution is 2.39. The molecule has 0 spiro atoms. The van der Waals surface area contributed by atoms with Crippen LogP contribution in [0, 0.1) is 17.8 Å². The van der Waals surface area contributed by atoms with Crippen molar-refractivity contribution in [3.8, 4) is 0 Å². The van der Waals surface area contributed by atoms with Crippen molar-refractivity contribution in [2.24, 2.45) is 17.8 Å². The molecule has 382 valence electrons. The maximum Gasteiger partial charge on any atom is 0.306 e. The molecule has 0 aromatic heterocycles. The Labute approximate surface area is 424 Å². The van der Waals surface area contributed by atoms with E-state index in [0.717, 1.165) is 81.8 Å². The van der Waals surface area contributed by atoms with Crippen LogP contribution in [0.5, 0.6) is 0 Å². The summed E-state index contributed by atoms with van der Waals surface area (Å²) < 4.78 is 18.2. The number of esters is 3. The molecule has 10 heteroatoms.